The lowest BCUT2D eigenvalue weighted by Crippen LogP contribution is -2.59. The van der Waals surface area contributed by atoms with E-state index in [2.05, 4.69) is 16.0 Å². The first kappa shape index (κ1) is 25.8. The Balaban J connectivity index is 5.35. The van der Waals surface area contributed by atoms with E-state index < -0.39 is 47.9 Å². The minimum absolute atomic E-state index is 0.0907. The third-order valence-corrected chi connectivity index (χ3v) is 4.79. The van der Waals surface area contributed by atoms with Gasteiger partial charge >= 0.3 is 5.97 Å². The molecule has 0 spiro atoms. The molecule has 0 saturated carbocycles. The van der Waals surface area contributed by atoms with Crippen LogP contribution in [0.1, 0.15) is 54.9 Å². The molecule has 0 aliphatic rings. The maximum Gasteiger partial charge on any atom is 0.325 e. The number of nitrogens with one attached hydrogen (secondary N) is 3. The number of amides is 3. The SMILES string of the molecule is CC[C@@H](C)[C@@H](NC(=O)[C@H](NC(=O)[C@H](N)C(C)C)C(C)C)C(=O)N[C@H](C)C(=O)O. The molecule has 3 amide bonds. The van der Waals surface area contributed by atoms with Gasteiger partial charge in [0.1, 0.15) is 18.1 Å². The van der Waals surface area contributed by atoms with Gasteiger partial charge in [0.15, 0.2) is 0 Å². The summed E-state index contributed by atoms with van der Waals surface area (Å²) in [6.07, 6.45) is 0.594. The van der Waals surface area contributed by atoms with Crippen LogP contribution in [0.5, 0.6) is 0 Å². The number of aliphatic carboxylic acids is 1. The summed E-state index contributed by atoms with van der Waals surface area (Å²) in [6, 6.07) is -3.62. The summed E-state index contributed by atoms with van der Waals surface area (Å²) in [5.74, 6) is -3.25. The molecule has 28 heavy (non-hydrogen) atoms. The highest BCUT2D eigenvalue weighted by Crippen LogP contribution is 2.11. The molecule has 0 aliphatic heterocycles. The van der Waals surface area contributed by atoms with Crippen molar-refractivity contribution in [2.75, 3.05) is 0 Å². The van der Waals surface area contributed by atoms with Crippen LogP contribution in [-0.2, 0) is 19.2 Å². The Kier molecular flexibility index (Phi) is 10.7. The summed E-state index contributed by atoms with van der Waals surface area (Å²) in [5.41, 5.74) is 5.85. The fourth-order valence-electron chi connectivity index (χ4n) is 2.40. The fourth-order valence-corrected chi connectivity index (χ4v) is 2.40. The molecule has 162 valence electrons. The summed E-state index contributed by atoms with van der Waals surface area (Å²) in [4.78, 5) is 48.6. The predicted octanol–water partition coefficient (Wildman–Crippen LogP) is 0.231. The van der Waals surface area contributed by atoms with Crippen molar-refractivity contribution in [1.29, 1.82) is 0 Å². The van der Waals surface area contributed by atoms with Gasteiger partial charge < -0.3 is 26.8 Å². The smallest absolute Gasteiger partial charge is 0.325 e. The molecule has 5 atom stereocenters. The van der Waals surface area contributed by atoms with Gasteiger partial charge in [-0.3, -0.25) is 19.2 Å². The quantitative estimate of drug-likeness (QED) is 0.335. The van der Waals surface area contributed by atoms with Crippen LogP contribution in [0.15, 0.2) is 0 Å². The fraction of sp³-hybridized carbons (Fsp3) is 0.789. The monoisotopic (exact) mass is 400 g/mol. The Hall–Kier alpha value is -2.16. The maximum atomic E-state index is 12.8. The van der Waals surface area contributed by atoms with E-state index in [0.29, 0.717) is 6.42 Å². The topological polar surface area (TPSA) is 151 Å². The standard InChI is InChI=1S/C19H36N4O5/c1-8-11(6)15(18(26)21-12(7)19(27)28)23-17(25)14(10(4)5)22-16(24)13(20)9(2)3/h9-15H,8,20H2,1-7H3,(H,21,26)(H,22,24)(H,23,25)(H,27,28)/t11-,12-,13-,14-,15-/m1/s1. The normalized spacial score (nSPS) is 16.6. The summed E-state index contributed by atoms with van der Waals surface area (Å²) < 4.78 is 0. The van der Waals surface area contributed by atoms with Crippen LogP contribution in [0.25, 0.3) is 0 Å². The number of hydrogen-bond donors (Lipinski definition) is 5. The molecule has 0 unspecified atom stereocenters. The van der Waals surface area contributed by atoms with Crippen molar-refractivity contribution < 1.29 is 24.3 Å². The van der Waals surface area contributed by atoms with Gasteiger partial charge in [-0.15, -0.1) is 0 Å². The Bertz CT molecular complexity index is 565. The van der Waals surface area contributed by atoms with Crippen LogP contribution in [0, 0.1) is 17.8 Å². The molecule has 0 aromatic rings. The summed E-state index contributed by atoms with van der Waals surface area (Å²) >= 11 is 0. The van der Waals surface area contributed by atoms with E-state index >= 15 is 0 Å². The van der Waals surface area contributed by atoms with Gasteiger partial charge in [-0.25, -0.2) is 0 Å². The average molecular weight is 401 g/mol. The summed E-state index contributed by atoms with van der Waals surface area (Å²) in [5, 5.41) is 16.7. The minimum atomic E-state index is -1.17. The van der Waals surface area contributed by atoms with Crippen LogP contribution in [0.3, 0.4) is 0 Å². The van der Waals surface area contributed by atoms with Gasteiger partial charge in [0.2, 0.25) is 17.7 Å². The van der Waals surface area contributed by atoms with Crippen molar-refractivity contribution in [1.82, 2.24) is 16.0 Å². The Labute approximate surface area is 167 Å². The Morgan fingerprint density at radius 3 is 1.64 bits per heavy atom. The van der Waals surface area contributed by atoms with Crippen LogP contribution in [0.4, 0.5) is 0 Å². The molecular weight excluding hydrogens is 364 g/mol. The van der Waals surface area contributed by atoms with Gasteiger partial charge in [0.25, 0.3) is 0 Å². The number of carbonyl (C=O) groups is 4. The van der Waals surface area contributed by atoms with Crippen molar-refractivity contribution in [3.63, 3.8) is 0 Å². The molecule has 6 N–H and O–H groups in total. The lowest BCUT2D eigenvalue weighted by atomic mass is 9.96. The van der Waals surface area contributed by atoms with Crippen LogP contribution >= 0.6 is 0 Å². The average Bonchev–Trinajstić information content (AvgIpc) is 2.61. The second-order valence-electron chi connectivity index (χ2n) is 7.94. The first-order valence-electron chi connectivity index (χ1n) is 9.72. The van der Waals surface area contributed by atoms with Crippen LogP contribution in [-0.4, -0.2) is 53.0 Å². The van der Waals surface area contributed by atoms with E-state index in [1.54, 1.807) is 20.8 Å². The molecule has 0 aliphatic carbocycles. The molecule has 0 radical (unpaired) electrons. The van der Waals surface area contributed by atoms with Crippen molar-refractivity contribution in [2.45, 2.75) is 79.1 Å². The third-order valence-electron chi connectivity index (χ3n) is 4.79. The number of carboxylic acids is 1. The zero-order valence-corrected chi connectivity index (χ0v) is 17.9. The number of rotatable bonds is 11. The minimum Gasteiger partial charge on any atom is -0.480 e. The van der Waals surface area contributed by atoms with Gasteiger partial charge in [0.05, 0.1) is 6.04 Å². The number of carbonyl (C=O) groups excluding carboxylic acids is 3. The van der Waals surface area contributed by atoms with Crippen LogP contribution < -0.4 is 21.7 Å². The first-order chi connectivity index (χ1) is 12.8. The van der Waals surface area contributed by atoms with E-state index in [1.165, 1.54) is 6.92 Å². The van der Waals surface area contributed by atoms with Gasteiger partial charge in [-0.2, -0.15) is 0 Å². The molecule has 0 aromatic heterocycles. The molecule has 9 nitrogen and oxygen atoms in total. The predicted molar refractivity (Wildman–Crippen MR) is 106 cm³/mol. The van der Waals surface area contributed by atoms with Gasteiger partial charge in [0, 0.05) is 0 Å². The zero-order valence-electron chi connectivity index (χ0n) is 17.9. The highest BCUT2D eigenvalue weighted by molar-refractivity contribution is 5.94. The number of hydrogen-bond acceptors (Lipinski definition) is 5. The zero-order chi connectivity index (χ0) is 22.2. The second-order valence-corrected chi connectivity index (χ2v) is 7.94. The van der Waals surface area contributed by atoms with E-state index in [0.717, 1.165) is 0 Å². The van der Waals surface area contributed by atoms with Gasteiger partial charge in [-0.05, 0) is 24.7 Å². The van der Waals surface area contributed by atoms with E-state index in [4.69, 9.17) is 10.8 Å². The molecule has 9 heteroatoms. The van der Waals surface area contributed by atoms with Crippen molar-refractivity contribution >= 4 is 23.7 Å². The molecule has 0 heterocycles. The Morgan fingerprint density at radius 1 is 0.786 bits per heavy atom. The number of nitrogens with two attached hydrogens (primary N) is 1. The second kappa shape index (κ2) is 11.6. The highest BCUT2D eigenvalue weighted by atomic mass is 16.4. The highest BCUT2D eigenvalue weighted by Gasteiger charge is 2.33. The molecular formula is C19H36N4O5. The molecule has 0 bridgehead atoms. The molecule has 0 fully saturated rings. The lowest BCUT2D eigenvalue weighted by molar-refractivity contribution is -0.142. The van der Waals surface area contributed by atoms with Crippen molar-refractivity contribution in [2.24, 2.45) is 23.5 Å². The van der Waals surface area contributed by atoms with E-state index in [9.17, 15) is 19.2 Å². The van der Waals surface area contributed by atoms with E-state index in [-0.39, 0.29) is 17.8 Å². The Morgan fingerprint density at radius 2 is 1.25 bits per heavy atom. The largest absolute Gasteiger partial charge is 0.480 e. The van der Waals surface area contributed by atoms with Crippen LogP contribution in [0.2, 0.25) is 0 Å². The molecule has 0 rings (SSSR count). The maximum absolute atomic E-state index is 12.8. The van der Waals surface area contributed by atoms with Gasteiger partial charge in [-0.1, -0.05) is 48.0 Å². The lowest BCUT2D eigenvalue weighted by Gasteiger charge is -2.29. The number of carboxylic acid groups (broad SMARTS) is 1. The summed E-state index contributed by atoms with van der Waals surface area (Å²) in [6.45, 7) is 12.2. The summed E-state index contributed by atoms with van der Waals surface area (Å²) in [7, 11) is 0. The first-order valence-corrected chi connectivity index (χ1v) is 9.72. The molecule has 0 aromatic carbocycles. The van der Waals surface area contributed by atoms with Crippen molar-refractivity contribution in [3.05, 3.63) is 0 Å². The van der Waals surface area contributed by atoms with Crippen molar-refractivity contribution in [3.8, 4) is 0 Å². The third kappa shape index (κ3) is 7.84. The molecule has 0 saturated heterocycles. The van der Waals surface area contributed by atoms with E-state index in [1.807, 2.05) is 20.8 Å².